The minimum Gasteiger partial charge on any atom is -0.505 e. The van der Waals surface area contributed by atoms with E-state index in [-0.39, 0.29) is 40.3 Å². The van der Waals surface area contributed by atoms with Gasteiger partial charge in [-0.2, -0.15) is 0 Å². The van der Waals surface area contributed by atoms with Gasteiger partial charge in [0, 0.05) is 33.2 Å². The first-order chi connectivity index (χ1) is 20.3. The van der Waals surface area contributed by atoms with Crippen LogP contribution in [0.1, 0.15) is 45.0 Å². The summed E-state index contributed by atoms with van der Waals surface area (Å²) in [5, 5.41) is 21.6. The highest BCUT2D eigenvalue weighted by Gasteiger charge is 2.28. The van der Waals surface area contributed by atoms with E-state index >= 15 is 0 Å². The molecule has 2 amide bonds. The van der Waals surface area contributed by atoms with E-state index in [1.54, 1.807) is 21.9 Å². The van der Waals surface area contributed by atoms with Crippen molar-refractivity contribution in [2.75, 3.05) is 36.8 Å². The van der Waals surface area contributed by atoms with Crippen LogP contribution >= 0.6 is 11.3 Å². The van der Waals surface area contributed by atoms with Gasteiger partial charge in [-0.15, -0.1) is 11.3 Å². The molecule has 42 heavy (non-hydrogen) atoms. The molecule has 3 heterocycles. The molecular formula is C30H32N6O5S. The molecule has 1 aliphatic rings. The standard InChI is InChI=1S/C30H32N6O5S/c1-3-21(19-9-5-4-6-10-19)31-25-24(27(38)33-34(2)30(25)41)32-22-12-7-11-20(26(22)37)28(39)35-14-16-36(17-15-35)29(40)23-13-8-18-42-23/h4-13,18,21,31-32,37H,3,14-17H2,1-2H3,(H,33,38). The number of thiophene rings is 1. The summed E-state index contributed by atoms with van der Waals surface area (Å²) in [6.07, 6.45) is 0.640. The summed E-state index contributed by atoms with van der Waals surface area (Å²) in [6.45, 7) is 3.34. The summed E-state index contributed by atoms with van der Waals surface area (Å²) < 4.78 is 1.09. The van der Waals surface area contributed by atoms with Crippen molar-refractivity contribution in [3.05, 3.63) is 103 Å². The third-order valence-corrected chi connectivity index (χ3v) is 8.16. The average molecular weight is 589 g/mol. The van der Waals surface area contributed by atoms with Crippen LogP contribution in [0, 0.1) is 0 Å². The predicted molar refractivity (Wildman–Crippen MR) is 163 cm³/mol. The first-order valence-corrected chi connectivity index (χ1v) is 14.5. The number of carbonyl (C=O) groups excluding carboxylic acids is 2. The Kier molecular flexibility index (Phi) is 8.43. The largest absolute Gasteiger partial charge is 0.505 e. The van der Waals surface area contributed by atoms with Crippen LogP contribution in [0.4, 0.5) is 17.1 Å². The predicted octanol–water partition coefficient (Wildman–Crippen LogP) is 3.75. The number of amides is 2. The van der Waals surface area contributed by atoms with E-state index < -0.39 is 17.0 Å². The molecule has 1 aliphatic heterocycles. The van der Waals surface area contributed by atoms with Crippen LogP contribution in [-0.4, -0.2) is 62.7 Å². The SMILES string of the molecule is CCC(Nc1c(Nc2cccc(C(=O)N3CCN(C(=O)c4cccs4)CC3)c2O)c(=O)[nH]n(C)c1=O)c1ccccc1. The summed E-state index contributed by atoms with van der Waals surface area (Å²) in [5.74, 6) is -0.807. The smallest absolute Gasteiger partial charge is 0.290 e. The van der Waals surface area contributed by atoms with Gasteiger partial charge in [-0.3, -0.25) is 29.0 Å². The van der Waals surface area contributed by atoms with E-state index in [0.717, 1.165) is 10.2 Å². The van der Waals surface area contributed by atoms with Crippen molar-refractivity contribution >= 4 is 40.2 Å². The van der Waals surface area contributed by atoms with Crippen LogP contribution in [0.15, 0.2) is 75.6 Å². The lowest BCUT2D eigenvalue weighted by Gasteiger charge is -2.34. The molecule has 1 unspecified atom stereocenters. The maximum atomic E-state index is 13.4. The van der Waals surface area contributed by atoms with Crippen molar-refractivity contribution in [3.8, 4) is 5.75 Å². The fourth-order valence-electron chi connectivity index (χ4n) is 4.97. The van der Waals surface area contributed by atoms with Crippen LogP contribution in [-0.2, 0) is 7.05 Å². The lowest BCUT2D eigenvalue weighted by atomic mass is 10.0. The molecule has 0 saturated carbocycles. The fraction of sp³-hybridized carbons (Fsp3) is 0.267. The number of hydrogen-bond acceptors (Lipinski definition) is 8. The number of phenolic OH excluding ortho intramolecular Hbond substituents is 1. The summed E-state index contributed by atoms with van der Waals surface area (Å²) in [5.41, 5.74) is 0.0115. The van der Waals surface area contributed by atoms with Gasteiger partial charge in [0.1, 0.15) is 11.4 Å². The van der Waals surface area contributed by atoms with Gasteiger partial charge in [-0.05, 0) is 35.6 Å². The van der Waals surface area contributed by atoms with Crippen molar-refractivity contribution in [2.45, 2.75) is 19.4 Å². The molecule has 0 radical (unpaired) electrons. The summed E-state index contributed by atoms with van der Waals surface area (Å²) in [6, 6.07) is 17.5. The first-order valence-electron chi connectivity index (χ1n) is 13.6. The molecule has 1 saturated heterocycles. The number of H-pyrrole nitrogens is 1. The van der Waals surface area contributed by atoms with E-state index in [4.69, 9.17) is 0 Å². The summed E-state index contributed by atoms with van der Waals surface area (Å²) in [7, 11) is 1.45. The van der Waals surface area contributed by atoms with E-state index in [2.05, 4.69) is 15.7 Å². The van der Waals surface area contributed by atoms with Crippen molar-refractivity contribution in [2.24, 2.45) is 7.05 Å². The maximum Gasteiger partial charge on any atom is 0.290 e. The number of phenols is 1. The Morgan fingerprint density at radius 1 is 0.929 bits per heavy atom. The number of anilines is 3. The van der Waals surface area contributed by atoms with E-state index in [9.17, 15) is 24.3 Å². The molecule has 5 rings (SSSR count). The number of hydrogen-bond donors (Lipinski definition) is 4. The molecule has 1 fully saturated rings. The van der Waals surface area contributed by atoms with E-state index in [1.807, 2.05) is 48.7 Å². The highest BCUT2D eigenvalue weighted by Crippen LogP contribution is 2.33. The third-order valence-electron chi connectivity index (χ3n) is 7.31. The molecule has 0 spiro atoms. The van der Waals surface area contributed by atoms with Crippen molar-refractivity contribution in [1.82, 2.24) is 19.6 Å². The minimum atomic E-state index is -0.579. The van der Waals surface area contributed by atoms with Crippen LogP contribution in [0.3, 0.4) is 0 Å². The topological polar surface area (TPSA) is 140 Å². The number of benzene rings is 2. The molecular weight excluding hydrogens is 556 g/mol. The Morgan fingerprint density at radius 2 is 1.62 bits per heavy atom. The molecule has 4 N–H and O–H groups in total. The zero-order valence-corrected chi connectivity index (χ0v) is 24.1. The second kappa shape index (κ2) is 12.4. The van der Waals surface area contributed by atoms with E-state index in [0.29, 0.717) is 37.5 Å². The number of aromatic amines is 1. The highest BCUT2D eigenvalue weighted by atomic mass is 32.1. The van der Waals surface area contributed by atoms with Crippen LogP contribution in [0.25, 0.3) is 0 Å². The Hall–Kier alpha value is -4.84. The number of rotatable bonds is 8. The minimum absolute atomic E-state index is 0.0413. The number of para-hydroxylation sites is 1. The fourth-order valence-corrected chi connectivity index (χ4v) is 5.66. The number of nitrogens with zero attached hydrogens (tertiary/aromatic N) is 3. The zero-order valence-electron chi connectivity index (χ0n) is 23.3. The van der Waals surface area contributed by atoms with Gasteiger partial charge in [0.2, 0.25) is 0 Å². The van der Waals surface area contributed by atoms with Gasteiger partial charge < -0.3 is 25.5 Å². The highest BCUT2D eigenvalue weighted by molar-refractivity contribution is 7.12. The van der Waals surface area contributed by atoms with Gasteiger partial charge in [-0.1, -0.05) is 49.4 Å². The quantitative estimate of drug-likeness (QED) is 0.230. The monoisotopic (exact) mass is 588 g/mol. The lowest BCUT2D eigenvalue weighted by molar-refractivity contribution is 0.0536. The third kappa shape index (κ3) is 5.79. The van der Waals surface area contributed by atoms with Crippen LogP contribution < -0.4 is 21.8 Å². The van der Waals surface area contributed by atoms with Crippen LogP contribution in [0.5, 0.6) is 5.75 Å². The normalized spacial score (nSPS) is 14.0. The van der Waals surface area contributed by atoms with Gasteiger partial charge in [-0.25, -0.2) is 0 Å². The van der Waals surface area contributed by atoms with Crippen LogP contribution in [0.2, 0.25) is 0 Å². The number of aromatic hydroxyl groups is 1. The van der Waals surface area contributed by atoms with Gasteiger partial charge in [0.05, 0.1) is 22.2 Å². The second-order valence-corrected chi connectivity index (χ2v) is 10.9. The molecule has 0 aliphatic carbocycles. The number of nitrogens with one attached hydrogen (secondary N) is 3. The number of piperazine rings is 1. The summed E-state index contributed by atoms with van der Waals surface area (Å²) >= 11 is 1.38. The Morgan fingerprint density at radius 3 is 2.26 bits per heavy atom. The number of aromatic nitrogens is 2. The van der Waals surface area contributed by atoms with Crippen molar-refractivity contribution in [3.63, 3.8) is 0 Å². The molecule has 0 bridgehead atoms. The van der Waals surface area contributed by atoms with Crippen molar-refractivity contribution in [1.29, 1.82) is 0 Å². The molecule has 2 aromatic heterocycles. The Balaban J connectivity index is 1.38. The Bertz CT molecular complexity index is 1690. The van der Waals surface area contributed by atoms with E-state index in [1.165, 1.54) is 30.5 Å². The number of carbonyl (C=O) groups is 2. The zero-order chi connectivity index (χ0) is 29.8. The molecule has 12 heteroatoms. The molecule has 2 aromatic carbocycles. The number of aryl methyl sites for hydroxylation is 1. The Labute approximate surface area is 246 Å². The van der Waals surface area contributed by atoms with Gasteiger partial charge in [0.25, 0.3) is 22.9 Å². The molecule has 11 nitrogen and oxygen atoms in total. The lowest BCUT2D eigenvalue weighted by Crippen LogP contribution is -2.50. The molecule has 4 aromatic rings. The molecule has 1 atom stereocenters. The van der Waals surface area contributed by atoms with Crippen molar-refractivity contribution < 1.29 is 14.7 Å². The van der Waals surface area contributed by atoms with Gasteiger partial charge >= 0.3 is 0 Å². The van der Waals surface area contributed by atoms with Gasteiger partial charge in [0.15, 0.2) is 5.75 Å². The average Bonchev–Trinajstić information content (AvgIpc) is 3.56. The summed E-state index contributed by atoms with van der Waals surface area (Å²) in [4.78, 5) is 56.3. The first kappa shape index (κ1) is 28.7. The second-order valence-electron chi connectivity index (χ2n) is 9.96. The molecule has 218 valence electrons. The maximum absolute atomic E-state index is 13.4.